The Morgan fingerprint density at radius 3 is 2.62 bits per heavy atom. The van der Waals surface area contributed by atoms with Gasteiger partial charge in [-0.25, -0.2) is 4.98 Å². The summed E-state index contributed by atoms with van der Waals surface area (Å²) in [4.78, 5) is 34.1. The first-order valence-corrected chi connectivity index (χ1v) is 11.8. The number of ether oxygens (including phenoxy) is 2. The van der Waals surface area contributed by atoms with Gasteiger partial charge in [0.25, 0.3) is 5.91 Å². The first-order valence-electron chi connectivity index (χ1n) is 11.8. The number of methoxy groups -OCH3 is 1. The Labute approximate surface area is 200 Å². The number of aliphatic hydroxyl groups excluding tert-OH is 1. The summed E-state index contributed by atoms with van der Waals surface area (Å²) in [6.07, 6.45) is 3.24. The van der Waals surface area contributed by atoms with E-state index in [4.69, 9.17) is 9.47 Å². The van der Waals surface area contributed by atoms with E-state index in [1.807, 2.05) is 38.1 Å². The molecule has 0 unspecified atom stereocenters. The Morgan fingerprint density at radius 2 is 2.00 bits per heavy atom. The van der Waals surface area contributed by atoms with Gasteiger partial charge in [0.05, 0.1) is 26.3 Å². The van der Waals surface area contributed by atoms with E-state index in [2.05, 4.69) is 4.98 Å². The summed E-state index contributed by atoms with van der Waals surface area (Å²) in [5.74, 6) is 0.959. The fourth-order valence-electron chi connectivity index (χ4n) is 4.26. The number of hydrogen-bond donors (Lipinski definition) is 1. The quantitative estimate of drug-likeness (QED) is 0.673. The van der Waals surface area contributed by atoms with Crippen LogP contribution in [0.4, 0.5) is 0 Å². The zero-order valence-corrected chi connectivity index (χ0v) is 20.2. The minimum atomic E-state index is -0.364. The van der Waals surface area contributed by atoms with Crippen molar-refractivity contribution in [2.45, 2.75) is 38.8 Å². The second-order valence-corrected chi connectivity index (χ2v) is 9.42. The van der Waals surface area contributed by atoms with Gasteiger partial charge in [-0.1, -0.05) is 19.1 Å². The van der Waals surface area contributed by atoms with E-state index in [-0.39, 0.29) is 48.3 Å². The van der Waals surface area contributed by atoms with E-state index in [1.165, 1.54) is 0 Å². The van der Waals surface area contributed by atoms with Crippen LogP contribution >= 0.6 is 0 Å². The fraction of sp³-hybridized carbons (Fsp3) is 0.500. The molecule has 1 aromatic heterocycles. The molecule has 0 radical (unpaired) electrons. The third kappa shape index (κ3) is 5.01. The van der Waals surface area contributed by atoms with Crippen LogP contribution in [-0.2, 0) is 4.79 Å². The van der Waals surface area contributed by atoms with Crippen LogP contribution in [-0.4, -0.2) is 77.7 Å². The number of carbonyl (C=O) groups excluding carboxylic acids is 2. The molecule has 1 aliphatic heterocycles. The van der Waals surface area contributed by atoms with Crippen molar-refractivity contribution in [1.82, 2.24) is 14.8 Å². The largest absolute Gasteiger partial charge is 0.497 e. The van der Waals surface area contributed by atoms with Gasteiger partial charge in [0.2, 0.25) is 11.8 Å². The maximum absolute atomic E-state index is 13.6. The number of hydrogen-bond acceptors (Lipinski definition) is 6. The molecule has 1 aliphatic carbocycles. The minimum Gasteiger partial charge on any atom is -0.497 e. The van der Waals surface area contributed by atoms with Crippen LogP contribution in [0.2, 0.25) is 0 Å². The highest BCUT2D eigenvalue weighted by molar-refractivity contribution is 5.98. The standard InChI is InChI=1S/C26H33N3O5/c1-16-13-29(17(2)15-30)26(32)22-11-20(18-7-9-21(33-4)10-8-18)12-27-24(22)34-23(16)14-28(3)25(31)19-5-6-19/h7-12,16-17,19,23,30H,5-6,13-15H2,1-4H3/t16-,17-,23-/m1/s1. The van der Waals surface area contributed by atoms with Crippen molar-refractivity contribution in [2.24, 2.45) is 11.8 Å². The van der Waals surface area contributed by atoms with E-state index in [9.17, 15) is 14.7 Å². The van der Waals surface area contributed by atoms with Gasteiger partial charge in [-0.05, 0) is 43.5 Å². The van der Waals surface area contributed by atoms with Gasteiger partial charge in [-0.15, -0.1) is 0 Å². The van der Waals surface area contributed by atoms with E-state index >= 15 is 0 Å². The van der Waals surface area contributed by atoms with E-state index in [0.717, 1.165) is 29.7 Å². The van der Waals surface area contributed by atoms with E-state index in [1.54, 1.807) is 36.2 Å². The number of aromatic nitrogens is 1. The first kappa shape index (κ1) is 24.0. The number of benzene rings is 1. The molecule has 2 aromatic rings. The van der Waals surface area contributed by atoms with Gasteiger partial charge in [0.15, 0.2) is 0 Å². The highest BCUT2D eigenvalue weighted by atomic mass is 16.5. The number of amides is 2. The van der Waals surface area contributed by atoms with Crippen LogP contribution in [0.15, 0.2) is 36.5 Å². The Morgan fingerprint density at radius 1 is 1.29 bits per heavy atom. The maximum Gasteiger partial charge on any atom is 0.259 e. The SMILES string of the molecule is COc1ccc(-c2cnc3c(c2)C(=O)N([C@H](C)CO)C[C@@H](C)[C@@H](CN(C)C(=O)C2CC2)O3)cc1. The number of nitrogens with zero attached hydrogens (tertiary/aromatic N) is 3. The number of fused-ring (bicyclic) bond motifs is 1. The van der Waals surface area contributed by atoms with Gasteiger partial charge < -0.3 is 24.4 Å². The molecule has 0 bridgehead atoms. The highest BCUT2D eigenvalue weighted by Gasteiger charge is 2.37. The summed E-state index contributed by atoms with van der Waals surface area (Å²) in [6.45, 7) is 4.49. The number of pyridine rings is 1. The Kier molecular flexibility index (Phi) is 7.07. The molecule has 1 fully saturated rings. The molecule has 8 nitrogen and oxygen atoms in total. The lowest BCUT2D eigenvalue weighted by Gasteiger charge is -2.37. The summed E-state index contributed by atoms with van der Waals surface area (Å²) >= 11 is 0. The van der Waals surface area contributed by atoms with Crippen molar-refractivity contribution in [2.75, 3.05) is 33.9 Å². The third-order valence-corrected chi connectivity index (χ3v) is 6.70. The van der Waals surface area contributed by atoms with Crippen molar-refractivity contribution < 1.29 is 24.2 Å². The molecule has 8 heteroatoms. The lowest BCUT2D eigenvalue weighted by Crippen LogP contribution is -2.50. The third-order valence-electron chi connectivity index (χ3n) is 6.70. The van der Waals surface area contributed by atoms with Crippen LogP contribution in [0.3, 0.4) is 0 Å². The van der Waals surface area contributed by atoms with Gasteiger partial charge in [-0.3, -0.25) is 9.59 Å². The zero-order valence-electron chi connectivity index (χ0n) is 20.2. The molecule has 0 spiro atoms. The molecule has 3 atom stereocenters. The summed E-state index contributed by atoms with van der Waals surface area (Å²) < 4.78 is 11.5. The first-order chi connectivity index (χ1) is 16.3. The Hall–Kier alpha value is -3.13. The predicted molar refractivity (Wildman–Crippen MR) is 128 cm³/mol. The van der Waals surface area contributed by atoms with Gasteiger partial charge in [0.1, 0.15) is 17.4 Å². The summed E-state index contributed by atoms with van der Waals surface area (Å²) in [6, 6.07) is 8.96. The van der Waals surface area contributed by atoms with Crippen LogP contribution in [0, 0.1) is 11.8 Å². The zero-order chi connectivity index (χ0) is 24.4. The molecule has 1 aromatic carbocycles. The van der Waals surface area contributed by atoms with E-state index in [0.29, 0.717) is 18.7 Å². The summed E-state index contributed by atoms with van der Waals surface area (Å²) in [5, 5.41) is 9.83. The molecular formula is C26H33N3O5. The molecule has 1 saturated carbocycles. The highest BCUT2D eigenvalue weighted by Crippen LogP contribution is 2.33. The average molecular weight is 468 g/mol. The van der Waals surface area contributed by atoms with Crippen molar-refractivity contribution in [3.8, 4) is 22.8 Å². The molecule has 2 amide bonds. The van der Waals surface area contributed by atoms with Crippen molar-refractivity contribution in [1.29, 1.82) is 0 Å². The smallest absolute Gasteiger partial charge is 0.259 e. The van der Waals surface area contributed by atoms with Crippen molar-refractivity contribution in [3.63, 3.8) is 0 Å². The van der Waals surface area contributed by atoms with Gasteiger partial charge in [0, 0.05) is 37.2 Å². The van der Waals surface area contributed by atoms with Gasteiger partial charge in [-0.2, -0.15) is 0 Å². The lowest BCUT2D eigenvalue weighted by molar-refractivity contribution is -0.132. The van der Waals surface area contributed by atoms with Crippen molar-refractivity contribution in [3.05, 3.63) is 42.1 Å². The number of carbonyl (C=O) groups is 2. The summed E-state index contributed by atoms with van der Waals surface area (Å²) in [7, 11) is 3.41. The fourth-order valence-corrected chi connectivity index (χ4v) is 4.26. The topological polar surface area (TPSA) is 92.2 Å². The average Bonchev–Trinajstić information content (AvgIpc) is 3.70. The maximum atomic E-state index is 13.6. The lowest BCUT2D eigenvalue weighted by atomic mass is 9.99. The Balaban J connectivity index is 1.68. The van der Waals surface area contributed by atoms with Gasteiger partial charge >= 0.3 is 0 Å². The second-order valence-electron chi connectivity index (χ2n) is 9.42. The molecular weight excluding hydrogens is 434 g/mol. The monoisotopic (exact) mass is 467 g/mol. The summed E-state index contributed by atoms with van der Waals surface area (Å²) in [5.41, 5.74) is 2.02. The van der Waals surface area contributed by atoms with Crippen LogP contribution in [0.5, 0.6) is 11.6 Å². The molecule has 182 valence electrons. The second kappa shape index (κ2) is 10.0. The normalized spacial score (nSPS) is 21.1. The molecule has 1 N–H and O–H groups in total. The van der Waals surface area contributed by atoms with E-state index < -0.39 is 0 Å². The molecule has 34 heavy (non-hydrogen) atoms. The molecule has 2 aliphatic rings. The van der Waals surface area contributed by atoms with Crippen LogP contribution in [0.25, 0.3) is 11.1 Å². The van der Waals surface area contributed by atoms with Crippen LogP contribution in [0.1, 0.15) is 37.0 Å². The number of rotatable bonds is 7. The van der Waals surface area contributed by atoms with Crippen molar-refractivity contribution >= 4 is 11.8 Å². The molecule has 0 saturated heterocycles. The predicted octanol–water partition coefficient (Wildman–Crippen LogP) is 2.85. The van der Waals surface area contributed by atoms with Crippen LogP contribution < -0.4 is 9.47 Å². The molecule has 4 rings (SSSR count). The Bertz CT molecular complexity index is 1040. The molecule has 2 heterocycles. The number of likely N-dealkylation sites (N-methyl/N-ethyl adjacent to an activating group) is 1. The number of aliphatic hydroxyl groups is 1. The minimum absolute atomic E-state index is 0.0661.